The Hall–Kier alpha value is -3.53. The van der Waals surface area contributed by atoms with Crippen LogP contribution in [0.5, 0.6) is 0 Å². The van der Waals surface area contributed by atoms with E-state index in [1.165, 1.54) is 22.0 Å². The maximum absolute atomic E-state index is 4.80. The van der Waals surface area contributed by atoms with Crippen molar-refractivity contribution in [2.75, 3.05) is 0 Å². The van der Waals surface area contributed by atoms with E-state index >= 15 is 0 Å². The summed E-state index contributed by atoms with van der Waals surface area (Å²) in [5.74, 6) is 0. The van der Waals surface area contributed by atoms with Crippen LogP contribution in [0.1, 0.15) is 12.6 Å². The minimum atomic E-state index is 0.879. The molecular weight excluding hydrogens is 344 g/mol. The predicted molar refractivity (Wildman–Crippen MR) is 114 cm³/mol. The average Bonchev–Trinajstić information content (AvgIpc) is 3.06. The molecular formula is C24H20N4. The Morgan fingerprint density at radius 2 is 1.61 bits per heavy atom. The van der Waals surface area contributed by atoms with Crippen molar-refractivity contribution in [3.63, 3.8) is 0 Å². The van der Waals surface area contributed by atoms with Gasteiger partial charge in [-0.3, -0.25) is 0 Å². The Labute approximate surface area is 163 Å². The van der Waals surface area contributed by atoms with Crippen LogP contribution in [0.3, 0.4) is 0 Å². The molecule has 0 aliphatic carbocycles. The van der Waals surface area contributed by atoms with Crippen LogP contribution in [0.15, 0.2) is 73.2 Å². The molecule has 0 saturated heterocycles. The highest BCUT2D eigenvalue weighted by Gasteiger charge is 2.13. The first-order valence-electron chi connectivity index (χ1n) is 9.51. The molecule has 0 amide bonds. The zero-order valence-corrected chi connectivity index (χ0v) is 15.9. The van der Waals surface area contributed by atoms with E-state index in [4.69, 9.17) is 4.98 Å². The van der Waals surface area contributed by atoms with Gasteiger partial charge >= 0.3 is 0 Å². The second-order valence-electron chi connectivity index (χ2n) is 6.98. The first kappa shape index (κ1) is 16.6. The van der Waals surface area contributed by atoms with Gasteiger partial charge in [-0.05, 0) is 49.2 Å². The minimum absolute atomic E-state index is 0.879. The Morgan fingerprint density at radius 1 is 0.786 bits per heavy atom. The fourth-order valence-electron chi connectivity index (χ4n) is 3.85. The molecule has 5 aromatic rings. The summed E-state index contributed by atoms with van der Waals surface area (Å²) in [6, 6.07) is 21.4. The van der Waals surface area contributed by atoms with Crippen molar-refractivity contribution in [1.29, 1.82) is 0 Å². The number of pyridine rings is 1. The second-order valence-corrected chi connectivity index (χ2v) is 6.98. The summed E-state index contributed by atoms with van der Waals surface area (Å²) in [4.78, 5) is 13.4. The van der Waals surface area contributed by atoms with Crippen LogP contribution in [0.2, 0.25) is 0 Å². The van der Waals surface area contributed by atoms with Crippen molar-refractivity contribution < 1.29 is 0 Å². The molecule has 0 aliphatic heterocycles. The van der Waals surface area contributed by atoms with Crippen LogP contribution in [-0.4, -0.2) is 19.5 Å². The Balaban J connectivity index is 1.78. The smallest absolute Gasteiger partial charge is 0.140 e. The largest absolute Gasteiger partial charge is 0.326 e. The molecule has 136 valence electrons. The van der Waals surface area contributed by atoms with E-state index in [1.807, 2.05) is 25.3 Å². The predicted octanol–water partition coefficient (Wildman–Crippen LogP) is 5.64. The van der Waals surface area contributed by atoms with E-state index in [0.717, 1.165) is 34.5 Å². The summed E-state index contributed by atoms with van der Waals surface area (Å²) in [6.45, 7) is 5.02. The number of fused-ring (bicyclic) bond motifs is 3. The molecule has 5 rings (SSSR count). The van der Waals surface area contributed by atoms with Crippen molar-refractivity contribution in [2.45, 2.75) is 20.4 Å². The normalized spacial score (nSPS) is 11.4. The topological polar surface area (TPSA) is 43.6 Å². The summed E-state index contributed by atoms with van der Waals surface area (Å²) in [5.41, 5.74) is 7.52. The zero-order valence-electron chi connectivity index (χ0n) is 15.9. The fraction of sp³-hybridized carbons (Fsp3) is 0.125. The van der Waals surface area contributed by atoms with E-state index < -0.39 is 0 Å². The molecule has 0 N–H and O–H groups in total. The van der Waals surface area contributed by atoms with Crippen molar-refractivity contribution >= 4 is 21.9 Å². The number of benzene rings is 2. The molecule has 0 aliphatic rings. The summed E-state index contributed by atoms with van der Waals surface area (Å²) >= 11 is 0. The van der Waals surface area contributed by atoms with Gasteiger partial charge in [-0.1, -0.05) is 36.4 Å². The molecule has 2 aromatic carbocycles. The van der Waals surface area contributed by atoms with E-state index in [-0.39, 0.29) is 0 Å². The lowest BCUT2D eigenvalue weighted by molar-refractivity contribution is 0.816. The molecule has 0 saturated carbocycles. The third-order valence-corrected chi connectivity index (χ3v) is 5.22. The highest BCUT2D eigenvalue weighted by Crippen LogP contribution is 2.33. The Kier molecular flexibility index (Phi) is 3.90. The third-order valence-electron chi connectivity index (χ3n) is 5.22. The first-order chi connectivity index (χ1) is 13.7. The van der Waals surface area contributed by atoms with Crippen LogP contribution in [0, 0.1) is 6.92 Å². The van der Waals surface area contributed by atoms with Gasteiger partial charge in [-0.2, -0.15) is 0 Å². The summed E-state index contributed by atoms with van der Waals surface area (Å²) in [5, 5.41) is 2.38. The molecule has 3 heterocycles. The van der Waals surface area contributed by atoms with E-state index in [1.54, 1.807) is 6.33 Å². The van der Waals surface area contributed by atoms with Crippen molar-refractivity contribution in [3.05, 3.63) is 78.9 Å². The molecule has 0 spiro atoms. The van der Waals surface area contributed by atoms with Gasteiger partial charge in [-0.15, -0.1) is 0 Å². The van der Waals surface area contributed by atoms with E-state index in [0.29, 0.717) is 0 Å². The number of nitrogens with zero attached hydrogens (tertiary/aromatic N) is 4. The van der Waals surface area contributed by atoms with Gasteiger partial charge < -0.3 is 4.57 Å². The lowest BCUT2D eigenvalue weighted by Gasteiger charge is -2.04. The maximum Gasteiger partial charge on any atom is 0.140 e. The standard InChI is InChI=1S/C24H20N4/c1-3-28-23-10-9-18(17-7-5-4-6-8-17)12-20(23)21-13-19(14-25-24(21)28)22-11-16(2)26-15-27-22/h4-15H,3H2,1-2H3. The number of hydrogen-bond donors (Lipinski definition) is 0. The first-order valence-corrected chi connectivity index (χ1v) is 9.51. The van der Waals surface area contributed by atoms with Crippen LogP contribution in [0.25, 0.3) is 44.3 Å². The van der Waals surface area contributed by atoms with E-state index in [9.17, 15) is 0 Å². The lowest BCUT2D eigenvalue weighted by atomic mass is 10.0. The van der Waals surface area contributed by atoms with Gasteiger partial charge in [0.05, 0.1) is 11.2 Å². The van der Waals surface area contributed by atoms with E-state index in [2.05, 4.69) is 70.0 Å². The molecule has 0 unspecified atom stereocenters. The molecule has 0 bridgehead atoms. The zero-order chi connectivity index (χ0) is 19.1. The minimum Gasteiger partial charge on any atom is -0.326 e. The summed E-state index contributed by atoms with van der Waals surface area (Å²) in [7, 11) is 0. The van der Waals surface area contributed by atoms with Gasteiger partial charge in [0.25, 0.3) is 0 Å². The third kappa shape index (κ3) is 2.65. The number of hydrogen-bond acceptors (Lipinski definition) is 3. The monoisotopic (exact) mass is 364 g/mol. The van der Waals surface area contributed by atoms with Crippen molar-refractivity contribution in [1.82, 2.24) is 19.5 Å². The van der Waals surface area contributed by atoms with Gasteiger partial charge in [-0.25, -0.2) is 15.0 Å². The van der Waals surface area contributed by atoms with Gasteiger partial charge in [0, 0.05) is 34.8 Å². The average molecular weight is 364 g/mol. The summed E-state index contributed by atoms with van der Waals surface area (Å²) < 4.78 is 2.27. The van der Waals surface area contributed by atoms with Crippen LogP contribution in [-0.2, 0) is 6.54 Å². The number of aromatic nitrogens is 4. The quantitative estimate of drug-likeness (QED) is 0.416. The SMILES string of the molecule is CCn1c2ccc(-c3ccccc3)cc2c2cc(-c3cc(C)ncn3)cnc21. The highest BCUT2D eigenvalue weighted by molar-refractivity contribution is 6.09. The number of aryl methyl sites for hydroxylation is 2. The molecule has 3 aromatic heterocycles. The van der Waals surface area contributed by atoms with Crippen LogP contribution >= 0.6 is 0 Å². The Morgan fingerprint density at radius 3 is 2.39 bits per heavy atom. The van der Waals surface area contributed by atoms with Gasteiger partial charge in [0.1, 0.15) is 12.0 Å². The molecule has 0 radical (unpaired) electrons. The second kappa shape index (κ2) is 6.57. The summed E-state index contributed by atoms with van der Waals surface area (Å²) in [6.07, 6.45) is 3.52. The van der Waals surface area contributed by atoms with Crippen molar-refractivity contribution in [3.8, 4) is 22.4 Å². The molecule has 4 heteroatoms. The highest BCUT2D eigenvalue weighted by atomic mass is 15.0. The molecule has 0 fully saturated rings. The Bertz CT molecular complexity index is 1300. The van der Waals surface area contributed by atoms with Gasteiger partial charge in [0.15, 0.2) is 0 Å². The number of rotatable bonds is 3. The molecule has 4 nitrogen and oxygen atoms in total. The van der Waals surface area contributed by atoms with Crippen LogP contribution in [0.4, 0.5) is 0 Å². The molecule has 28 heavy (non-hydrogen) atoms. The lowest BCUT2D eigenvalue weighted by Crippen LogP contribution is -1.95. The molecule has 0 atom stereocenters. The maximum atomic E-state index is 4.80. The van der Waals surface area contributed by atoms with Crippen molar-refractivity contribution in [2.24, 2.45) is 0 Å². The fourth-order valence-corrected chi connectivity index (χ4v) is 3.85. The van der Waals surface area contributed by atoms with Gasteiger partial charge in [0.2, 0.25) is 0 Å². The van der Waals surface area contributed by atoms with Crippen LogP contribution < -0.4 is 0 Å².